The van der Waals surface area contributed by atoms with Crippen molar-refractivity contribution in [3.63, 3.8) is 0 Å². The first-order valence-electron chi connectivity index (χ1n) is 8.36. The number of hydrogen-bond donors (Lipinski definition) is 4. The molecule has 2 heterocycles. The largest absolute Gasteiger partial charge is 0.352 e. The first kappa shape index (κ1) is 19.2. The molecule has 2 unspecified atom stereocenters. The second kappa shape index (κ2) is 8.82. The lowest BCUT2D eigenvalue weighted by Crippen LogP contribution is -2.50. The number of halogens is 1. The normalized spacial score (nSPS) is 19.9. The van der Waals surface area contributed by atoms with Gasteiger partial charge in [0.1, 0.15) is 0 Å². The van der Waals surface area contributed by atoms with E-state index in [-0.39, 0.29) is 36.7 Å². The number of piperidine rings is 1. The van der Waals surface area contributed by atoms with Gasteiger partial charge in [0.15, 0.2) is 5.69 Å². The Bertz CT molecular complexity index is 733. The minimum absolute atomic E-state index is 0. The van der Waals surface area contributed by atoms with Crippen molar-refractivity contribution in [2.75, 3.05) is 19.6 Å². The first-order chi connectivity index (χ1) is 11.6. The fourth-order valence-corrected chi connectivity index (χ4v) is 2.97. The van der Waals surface area contributed by atoms with Gasteiger partial charge in [-0.2, -0.15) is 5.10 Å². The minimum atomic E-state index is -0.270. The van der Waals surface area contributed by atoms with Gasteiger partial charge in [0.05, 0.1) is 5.52 Å². The maximum Gasteiger partial charge on any atom is 0.272 e. The SMILES string of the molecule is CC1CCNCC1NC(=O)CCNC(=O)c1n[nH]c2ccccc12.Cl. The Morgan fingerprint density at radius 2 is 2.12 bits per heavy atom. The predicted octanol–water partition coefficient (Wildman–Crippen LogP) is 1.22. The van der Waals surface area contributed by atoms with E-state index in [1.54, 1.807) is 0 Å². The molecule has 25 heavy (non-hydrogen) atoms. The molecule has 136 valence electrons. The quantitative estimate of drug-likeness (QED) is 0.640. The zero-order chi connectivity index (χ0) is 16.9. The Balaban J connectivity index is 0.00000225. The topological polar surface area (TPSA) is 98.9 Å². The van der Waals surface area contributed by atoms with Crippen molar-refractivity contribution in [2.45, 2.75) is 25.8 Å². The van der Waals surface area contributed by atoms with Crippen LogP contribution in [0.1, 0.15) is 30.3 Å². The number of aromatic amines is 1. The Labute approximate surface area is 152 Å². The summed E-state index contributed by atoms with van der Waals surface area (Å²) in [4.78, 5) is 24.2. The number of aromatic nitrogens is 2. The molecule has 0 radical (unpaired) electrons. The van der Waals surface area contributed by atoms with Crippen LogP contribution in [0.5, 0.6) is 0 Å². The summed E-state index contributed by atoms with van der Waals surface area (Å²) in [7, 11) is 0. The molecule has 1 aromatic carbocycles. The molecule has 2 amide bonds. The Morgan fingerprint density at radius 3 is 2.92 bits per heavy atom. The lowest BCUT2D eigenvalue weighted by atomic mass is 9.95. The van der Waals surface area contributed by atoms with Crippen molar-refractivity contribution in [2.24, 2.45) is 5.92 Å². The fraction of sp³-hybridized carbons (Fsp3) is 0.471. The van der Waals surface area contributed by atoms with Gasteiger partial charge < -0.3 is 16.0 Å². The summed E-state index contributed by atoms with van der Waals surface area (Å²) in [6.07, 6.45) is 1.32. The van der Waals surface area contributed by atoms with E-state index in [0.29, 0.717) is 18.2 Å². The summed E-state index contributed by atoms with van der Waals surface area (Å²) >= 11 is 0. The summed E-state index contributed by atoms with van der Waals surface area (Å²) in [6, 6.07) is 7.62. The smallest absolute Gasteiger partial charge is 0.272 e. The summed E-state index contributed by atoms with van der Waals surface area (Å²) < 4.78 is 0. The highest BCUT2D eigenvalue weighted by atomic mass is 35.5. The highest BCUT2D eigenvalue weighted by Gasteiger charge is 2.22. The van der Waals surface area contributed by atoms with Crippen LogP contribution in [-0.4, -0.2) is 47.7 Å². The number of nitrogens with one attached hydrogen (secondary N) is 4. The lowest BCUT2D eigenvalue weighted by Gasteiger charge is -2.30. The van der Waals surface area contributed by atoms with Gasteiger partial charge in [-0.3, -0.25) is 14.7 Å². The van der Waals surface area contributed by atoms with Gasteiger partial charge in [-0.05, 0) is 24.9 Å². The molecular weight excluding hydrogens is 342 g/mol. The van der Waals surface area contributed by atoms with Crippen LogP contribution in [-0.2, 0) is 4.79 Å². The van der Waals surface area contributed by atoms with Crippen molar-refractivity contribution in [3.05, 3.63) is 30.0 Å². The molecule has 1 saturated heterocycles. The molecule has 2 aromatic rings. The molecule has 1 aromatic heterocycles. The zero-order valence-corrected chi connectivity index (χ0v) is 15.0. The van der Waals surface area contributed by atoms with E-state index in [0.717, 1.165) is 30.4 Å². The van der Waals surface area contributed by atoms with Gasteiger partial charge in [-0.25, -0.2) is 0 Å². The van der Waals surface area contributed by atoms with E-state index >= 15 is 0 Å². The van der Waals surface area contributed by atoms with Gasteiger partial charge in [-0.15, -0.1) is 12.4 Å². The third-order valence-corrected chi connectivity index (χ3v) is 4.50. The number of para-hydroxylation sites is 1. The summed E-state index contributed by atoms with van der Waals surface area (Å²) in [5, 5.41) is 16.7. The Hall–Kier alpha value is -2.12. The van der Waals surface area contributed by atoms with Gasteiger partial charge in [0.25, 0.3) is 5.91 Å². The number of amides is 2. The number of carbonyl (C=O) groups is 2. The molecule has 7 nitrogen and oxygen atoms in total. The van der Waals surface area contributed by atoms with Crippen LogP contribution in [0.4, 0.5) is 0 Å². The predicted molar refractivity (Wildman–Crippen MR) is 98.9 cm³/mol. The first-order valence-corrected chi connectivity index (χ1v) is 8.36. The van der Waals surface area contributed by atoms with Crippen LogP contribution in [0, 0.1) is 5.92 Å². The number of carbonyl (C=O) groups excluding carboxylic acids is 2. The second-order valence-corrected chi connectivity index (χ2v) is 6.27. The fourth-order valence-electron chi connectivity index (χ4n) is 2.97. The molecule has 1 aliphatic rings. The van der Waals surface area contributed by atoms with E-state index in [1.807, 2.05) is 24.3 Å². The maximum absolute atomic E-state index is 12.2. The molecule has 2 atom stereocenters. The van der Waals surface area contributed by atoms with Crippen molar-refractivity contribution >= 4 is 35.1 Å². The van der Waals surface area contributed by atoms with Crippen LogP contribution in [0.3, 0.4) is 0 Å². The van der Waals surface area contributed by atoms with E-state index in [2.05, 4.69) is 33.1 Å². The number of benzene rings is 1. The van der Waals surface area contributed by atoms with Crippen LogP contribution in [0.25, 0.3) is 10.9 Å². The molecule has 1 fully saturated rings. The van der Waals surface area contributed by atoms with Crippen molar-refractivity contribution < 1.29 is 9.59 Å². The standard InChI is InChI=1S/C17H23N5O2.ClH/c1-11-6-8-18-10-14(11)20-15(23)7-9-19-17(24)16-12-4-2-3-5-13(12)21-22-16;/h2-5,11,14,18H,6-10H2,1H3,(H,19,24)(H,20,23)(H,21,22);1H. The molecule has 0 bridgehead atoms. The third-order valence-electron chi connectivity index (χ3n) is 4.50. The van der Waals surface area contributed by atoms with E-state index in [9.17, 15) is 9.59 Å². The zero-order valence-electron chi connectivity index (χ0n) is 14.2. The molecular formula is C17H24ClN5O2. The molecule has 0 saturated carbocycles. The Morgan fingerprint density at radius 1 is 1.32 bits per heavy atom. The van der Waals surface area contributed by atoms with Gasteiger partial charge >= 0.3 is 0 Å². The monoisotopic (exact) mass is 365 g/mol. The number of hydrogen-bond acceptors (Lipinski definition) is 4. The van der Waals surface area contributed by atoms with E-state index in [4.69, 9.17) is 0 Å². The highest BCUT2D eigenvalue weighted by molar-refractivity contribution is 6.04. The Kier molecular flexibility index (Phi) is 6.78. The van der Waals surface area contributed by atoms with Gasteiger partial charge in [0, 0.05) is 30.9 Å². The summed E-state index contributed by atoms with van der Waals surface area (Å²) in [5.41, 5.74) is 1.18. The lowest BCUT2D eigenvalue weighted by molar-refractivity contribution is -0.122. The number of fused-ring (bicyclic) bond motifs is 1. The summed E-state index contributed by atoms with van der Waals surface area (Å²) in [5.74, 6) is 0.163. The van der Waals surface area contributed by atoms with Crippen LogP contribution < -0.4 is 16.0 Å². The number of H-pyrrole nitrogens is 1. The third kappa shape index (κ3) is 4.70. The molecule has 3 rings (SSSR count). The number of rotatable bonds is 5. The minimum Gasteiger partial charge on any atom is -0.352 e. The highest BCUT2D eigenvalue weighted by Crippen LogP contribution is 2.14. The van der Waals surface area contributed by atoms with Gasteiger partial charge in [-0.1, -0.05) is 25.1 Å². The van der Waals surface area contributed by atoms with Crippen LogP contribution >= 0.6 is 12.4 Å². The van der Waals surface area contributed by atoms with Crippen molar-refractivity contribution in [1.82, 2.24) is 26.1 Å². The van der Waals surface area contributed by atoms with Crippen molar-refractivity contribution in [3.8, 4) is 0 Å². The van der Waals surface area contributed by atoms with Gasteiger partial charge in [0.2, 0.25) is 5.91 Å². The molecule has 1 aliphatic heterocycles. The molecule has 4 N–H and O–H groups in total. The molecule has 8 heteroatoms. The summed E-state index contributed by atoms with van der Waals surface area (Å²) in [6.45, 7) is 4.25. The molecule has 0 spiro atoms. The van der Waals surface area contributed by atoms with Crippen LogP contribution in [0.2, 0.25) is 0 Å². The average molecular weight is 366 g/mol. The van der Waals surface area contributed by atoms with E-state index in [1.165, 1.54) is 0 Å². The maximum atomic E-state index is 12.2. The van der Waals surface area contributed by atoms with Crippen LogP contribution in [0.15, 0.2) is 24.3 Å². The van der Waals surface area contributed by atoms with Crippen molar-refractivity contribution in [1.29, 1.82) is 0 Å². The molecule has 0 aliphatic carbocycles. The average Bonchev–Trinajstić information content (AvgIpc) is 3.01. The van der Waals surface area contributed by atoms with E-state index < -0.39 is 0 Å². The number of nitrogens with zero attached hydrogens (tertiary/aromatic N) is 1. The second-order valence-electron chi connectivity index (χ2n) is 6.27.